The van der Waals surface area contributed by atoms with E-state index in [9.17, 15) is 27.2 Å². The highest BCUT2D eigenvalue weighted by Gasteiger charge is 2.27. The van der Waals surface area contributed by atoms with Crippen LogP contribution in [0.2, 0.25) is 0 Å². The maximum absolute atomic E-state index is 12.2. The van der Waals surface area contributed by atoms with E-state index in [1.165, 1.54) is 0 Å². The van der Waals surface area contributed by atoms with Gasteiger partial charge in [-0.05, 0) is 30.2 Å². The zero-order valence-corrected chi connectivity index (χ0v) is 17.6. The summed E-state index contributed by atoms with van der Waals surface area (Å²) in [6.07, 6.45) is 0. The normalized spacial score (nSPS) is 10.8. The molecule has 0 saturated carbocycles. The maximum Gasteiger partial charge on any atom is 0.673 e. The second-order valence-electron chi connectivity index (χ2n) is 7.22. The van der Waals surface area contributed by atoms with E-state index in [2.05, 4.69) is 6.07 Å². The Morgan fingerprint density at radius 1 is 0.727 bits per heavy atom. The number of hydrogen-bond acceptors (Lipinski definition) is 1. The molecule has 1 N–H and O–H groups in total. The van der Waals surface area contributed by atoms with Crippen LogP contribution in [-0.2, 0) is 0 Å². The van der Waals surface area contributed by atoms with E-state index in [1.807, 2.05) is 96.4 Å². The quantitative estimate of drug-likeness (QED) is 0.215. The van der Waals surface area contributed by atoms with Crippen LogP contribution < -0.4 is 4.57 Å². The van der Waals surface area contributed by atoms with Crippen molar-refractivity contribution >= 4 is 13.2 Å². The highest BCUT2D eigenvalue weighted by atomic mass is 19.5. The average molecular weight is 453 g/mol. The Morgan fingerprint density at radius 2 is 1.21 bits per heavy atom. The highest BCUT2D eigenvalue weighted by Crippen LogP contribution is 2.26. The molecule has 0 bridgehead atoms. The Bertz CT molecular complexity index is 1220. The summed E-state index contributed by atoms with van der Waals surface area (Å²) < 4.78 is 40.8. The number of pyridine rings is 1. The van der Waals surface area contributed by atoms with Crippen molar-refractivity contribution in [2.24, 2.45) is 0 Å². The minimum atomic E-state index is -6.00. The summed E-state index contributed by atoms with van der Waals surface area (Å²) in [5.41, 5.74) is 5.83. The van der Waals surface area contributed by atoms with Gasteiger partial charge in [0, 0.05) is 29.8 Å². The SMILES string of the molecule is Cc1ccc(-[n+]2c(C(=O)O)cc(-c3ccccc3)cc2-c2ccccc2)cc1.F[B-](F)(F)F. The molecular formula is C25H20BF4NO2. The summed E-state index contributed by atoms with van der Waals surface area (Å²) in [7, 11) is -6.00. The van der Waals surface area contributed by atoms with E-state index in [0.29, 0.717) is 0 Å². The molecule has 8 heteroatoms. The fourth-order valence-corrected chi connectivity index (χ4v) is 3.34. The first-order valence-electron chi connectivity index (χ1n) is 10.0. The van der Waals surface area contributed by atoms with E-state index in [4.69, 9.17) is 0 Å². The summed E-state index contributed by atoms with van der Waals surface area (Å²) >= 11 is 0. The van der Waals surface area contributed by atoms with Crippen molar-refractivity contribution in [3.05, 3.63) is 108 Å². The Labute approximate surface area is 188 Å². The van der Waals surface area contributed by atoms with E-state index in [1.54, 1.807) is 6.07 Å². The molecule has 1 heterocycles. The van der Waals surface area contributed by atoms with Crippen LogP contribution in [0.25, 0.3) is 28.1 Å². The largest absolute Gasteiger partial charge is 0.673 e. The first kappa shape index (κ1) is 23.7. The molecule has 0 spiro atoms. The van der Waals surface area contributed by atoms with Crippen LogP contribution in [0.15, 0.2) is 97.1 Å². The molecular weight excluding hydrogens is 433 g/mol. The third-order valence-corrected chi connectivity index (χ3v) is 4.75. The number of aryl methyl sites for hydroxylation is 1. The van der Waals surface area contributed by atoms with Gasteiger partial charge in [-0.3, -0.25) is 0 Å². The molecule has 0 unspecified atom stereocenters. The van der Waals surface area contributed by atoms with Crippen LogP contribution in [-0.4, -0.2) is 18.3 Å². The number of carboxylic acid groups (broad SMARTS) is 1. The topological polar surface area (TPSA) is 41.2 Å². The molecule has 3 nitrogen and oxygen atoms in total. The summed E-state index contributed by atoms with van der Waals surface area (Å²) in [5.74, 6) is -0.962. The van der Waals surface area contributed by atoms with Gasteiger partial charge in [0.25, 0.3) is 5.69 Å². The van der Waals surface area contributed by atoms with E-state index in [0.717, 1.165) is 33.6 Å². The Morgan fingerprint density at radius 3 is 1.70 bits per heavy atom. The molecule has 3 aromatic carbocycles. The van der Waals surface area contributed by atoms with Gasteiger partial charge in [-0.25, -0.2) is 4.79 Å². The molecule has 0 atom stereocenters. The lowest BCUT2D eigenvalue weighted by molar-refractivity contribution is -0.587. The van der Waals surface area contributed by atoms with Crippen molar-refractivity contribution in [1.29, 1.82) is 0 Å². The third kappa shape index (κ3) is 6.52. The van der Waals surface area contributed by atoms with Gasteiger partial charge in [-0.1, -0.05) is 66.2 Å². The lowest BCUT2D eigenvalue weighted by Crippen LogP contribution is -2.40. The van der Waals surface area contributed by atoms with Crippen LogP contribution in [0.5, 0.6) is 0 Å². The Hall–Kier alpha value is -3.94. The lowest BCUT2D eigenvalue weighted by atomic mass is 10.0. The molecule has 33 heavy (non-hydrogen) atoms. The van der Waals surface area contributed by atoms with Crippen molar-refractivity contribution in [1.82, 2.24) is 0 Å². The number of halogens is 4. The minimum Gasteiger partial charge on any atom is -0.473 e. The minimum absolute atomic E-state index is 0.226. The van der Waals surface area contributed by atoms with Gasteiger partial charge in [-0.2, -0.15) is 0 Å². The summed E-state index contributed by atoms with van der Waals surface area (Å²) in [4.78, 5) is 12.2. The van der Waals surface area contributed by atoms with Crippen LogP contribution in [0.1, 0.15) is 16.1 Å². The second-order valence-corrected chi connectivity index (χ2v) is 7.22. The molecule has 168 valence electrons. The first-order valence-corrected chi connectivity index (χ1v) is 10.0. The predicted molar refractivity (Wildman–Crippen MR) is 121 cm³/mol. The van der Waals surface area contributed by atoms with Gasteiger partial charge < -0.3 is 22.4 Å². The number of aromatic carboxylic acids is 1. The Balaban J connectivity index is 0.000000555. The number of aromatic nitrogens is 1. The Kier molecular flexibility index (Phi) is 7.28. The van der Waals surface area contributed by atoms with E-state index < -0.39 is 13.2 Å². The van der Waals surface area contributed by atoms with Gasteiger partial charge in [0.1, 0.15) is 0 Å². The van der Waals surface area contributed by atoms with Crippen molar-refractivity contribution in [2.45, 2.75) is 6.92 Å². The third-order valence-electron chi connectivity index (χ3n) is 4.75. The molecule has 0 fully saturated rings. The predicted octanol–water partition coefficient (Wildman–Crippen LogP) is 6.60. The molecule has 0 saturated heterocycles. The van der Waals surface area contributed by atoms with Gasteiger partial charge in [0.05, 0.1) is 0 Å². The van der Waals surface area contributed by atoms with Crippen molar-refractivity contribution in [3.8, 4) is 28.1 Å². The number of nitrogens with zero attached hydrogens (tertiary/aromatic N) is 1. The zero-order chi connectivity index (χ0) is 24.0. The van der Waals surface area contributed by atoms with Gasteiger partial charge in [-0.15, -0.1) is 4.57 Å². The van der Waals surface area contributed by atoms with E-state index in [-0.39, 0.29) is 5.69 Å². The van der Waals surface area contributed by atoms with Crippen LogP contribution in [0.3, 0.4) is 0 Å². The second kappa shape index (κ2) is 10.1. The molecule has 0 radical (unpaired) electrons. The number of carboxylic acids is 1. The maximum atomic E-state index is 12.2. The molecule has 0 amide bonds. The number of carbonyl (C=O) groups is 1. The van der Waals surface area contributed by atoms with Crippen LogP contribution in [0.4, 0.5) is 17.3 Å². The molecule has 4 rings (SSSR count). The van der Waals surface area contributed by atoms with Crippen LogP contribution >= 0.6 is 0 Å². The number of rotatable bonds is 4. The molecule has 0 aliphatic heterocycles. The fourth-order valence-electron chi connectivity index (χ4n) is 3.34. The molecule has 0 aliphatic carbocycles. The smallest absolute Gasteiger partial charge is 0.473 e. The van der Waals surface area contributed by atoms with Gasteiger partial charge in [0.2, 0.25) is 11.4 Å². The number of benzene rings is 3. The summed E-state index contributed by atoms with van der Waals surface area (Å²) in [5, 5.41) is 10.0. The average Bonchev–Trinajstić information content (AvgIpc) is 2.79. The van der Waals surface area contributed by atoms with E-state index >= 15 is 0 Å². The van der Waals surface area contributed by atoms with Crippen molar-refractivity contribution < 1.29 is 31.7 Å². The standard InChI is InChI=1S/C25H19NO2.BF4/c1-18-12-14-22(15-13-18)26-23(20-10-6-3-7-11-20)16-21(17-24(26)25(27)28)19-8-4-2-5-9-19;2-1(3,4)5/h2-17H,1H3;/q;-1/p+1. The molecule has 1 aromatic heterocycles. The van der Waals surface area contributed by atoms with Crippen LogP contribution in [0, 0.1) is 6.92 Å². The monoisotopic (exact) mass is 453 g/mol. The highest BCUT2D eigenvalue weighted by molar-refractivity contribution is 6.50. The summed E-state index contributed by atoms with van der Waals surface area (Å²) in [6.45, 7) is 2.02. The van der Waals surface area contributed by atoms with Gasteiger partial charge >= 0.3 is 13.2 Å². The van der Waals surface area contributed by atoms with Crippen molar-refractivity contribution in [2.75, 3.05) is 0 Å². The summed E-state index contributed by atoms with van der Waals surface area (Å²) in [6, 6.07) is 31.4. The van der Waals surface area contributed by atoms with Crippen molar-refractivity contribution in [3.63, 3.8) is 0 Å². The number of hydrogen-bond donors (Lipinski definition) is 1. The van der Waals surface area contributed by atoms with Gasteiger partial charge in [0.15, 0.2) is 0 Å². The fraction of sp³-hybridized carbons (Fsp3) is 0.0400. The first-order chi connectivity index (χ1) is 15.6. The lowest BCUT2D eigenvalue weighted by Gasteiger charge is -2.10. The molecule has 4 aromatic rings. The zero-order valence-electron chi connectivity index (χ0n) is 17.6. The molecule has 0 aliphatic rings.